The van der Waals surface area contributed by atoms with E-state index in [0.717, 1.165) is 30.2 Å². The van der Waals surface area contributed by atoms with Crippen LogP contribution in [0.4, 0.5) is 0 Å². The third-order valence-electron chi connectivity index (χ3n) is 7.94. The second-order valence-corrected chi connectivity index (χ2v) is 10.7. The smallest absolute Gasteiger partial charge is 0.0733 e. The van der Waals surface area contributed by atoms with E-state index in [-0.39, 0.29) is 0 Å². The fourth-order valence-electron chi connectivity index (χ4n) is 5.93. The van der Waals surface area contributed by atoms with Gasteiger partial charge in [0.15, 0.2) is 0 Å². The standard InChI is InChI=1S/C34H48N2/c1-4-7-8-9-11-16-28-19-21-29(22-20-28)27-35-36-34(32-17-12-10-13-18-32)33-25-23-31(24-26-33)30(14-5-2)15-6-3/h4,10,12-13,17-22,27,30-31,33H,1,5-9,11,14-16,23-26H2,2-3H3/t31-,33-. The molecule has 0 aliphatic heterocycles. The zero-order valence-electron chi connectivity index (χ0n) is 22.9. The molecule has 3 rings (SSSR count). The van der Waals surface area contributed by atoms with Crippen LogP contribution in [0.25, 0.3) is 0 Å². The molecule has 2 aromatic rings. The van der Waals surface area contributed by atoms with E-state index < -0.39 is 0 Å². The molecule has 0 aromatic heterocycles. The quantitative estimate of drug-likeness (QED) is 0.104. The van der Waals surface area contributed by atoms with Crippen molar-refractivity contribution in [1.82, 2.24) is 0 Å². The van der Waals surface area contributed by atoms with Gasteiger partial charge in [0.1, 0.15) is 0 Å². The van der Waals surface area contributed by atoms with Gasteiger partial charge in [-0.3, -0.25) is 0 Å². The first-order chi connectivity index (χ1) is 17.7. The van der Waals surface area contributed by atoms with Gasteiger partial charge in [-0.25, -0.2) is 0 Å². The molecule has 0 heterocycles. The Bertz CT molecular complexity index is 911. The van der Waals surface area contributed by atoms with E-state index in [1.807, 2.05) is 12.3 Å². The second-order valence-electron chi connectivity index (χ2n) is 10.7. The van der Waals surface area contributed by atoms with E-state index in [9.17, 15) is 0 Å². The number of hydrogen-bond acceptors (Lipinski definition) is 2. The van der Waals surface area contributed by atoms with Crippen LogP contribution in [-0.2, 0) is 6.42 Å². The number of hydrogen-bond donors (Lipinski definition) is 0. The highest BCUT2D eigenvalue weighted by Gasteiger charge is 2.29. The van der Waals surface area contributed by atoms with E-state index in [1.165, 1.54) is 87.5 Å². The summed E-state index contributed by atoms with van der Waals surface area (Å²) in [6, 6.07) is 19.5. The Hall–Kier alpha value is -2.48. The van der Waals surface area contributed by atoms with Crippen LogP contribution in [-0.4, -0.2) is 11.9 Å². The zero-order chi connectivity index (χ0) is 25.4. The molecule has 1 saturated carbocycles. The summed E-state index contributed by atoms with van der Waals surface area (Å²) in [5.74, 6) is 2.31. The molecule has 0 spiro atoms. The van der Waals surface area contributed by atoms with E-state index in [0.29, 0.717) is 5.92 Å². The summed E-state index contributed by atoms with van der Waals surface area (Å²) in [4.78, 5) is 0. The summed E-state index contributed by atoms with van der Waals surface area (Å²) in [5, 5.41) is 9.42. The summed E-state index contributed by atoms with van der Waals surface area (Å²) in [6.07, 6.45) is 20.5. The summed E-state index contributed by atoms with van der Waals surface area (Å²) < 4.78 is 0. The molecular weight excluding hydrogens is 436 g/mol. The molecule has 0 N–H and O–H groups in total. The Morgan fingerprint density at radius 3 is 2.22 bits per heavy atom. The SMILES string of the molecule is C=CCCCCCc1ccc(C=NN=C(c2ccccc2)[C@H]2CC[C@H](C(CCC)CCC)CC2)cc1. The highest BCUT2D eigenvalue weighted by atomic mass is 15.2. The topological polar surface area (TPSA) is 24.7 Å². The van der Waals surface area contributed by atoms with Gasteiger partial charge in [0.2, 0.25) is 0 Å². The molecule has 194 valence electrons. The molecule has 0 amide bonds. The lowest BCUT2D eigenvalue weighted by Gasteiger charge is -2.34. The molecule has 1 aliphatic carbocycles. The van der Waals surface area contributed by atoms with Gasteiger partial charge >= 0.3 is 0 Å². The molecule has 2 nitrogen and oxygen atoms in total. The third kappa shape index (κ3) is 9.19. The number of aryl methyl sites for hydroxylation is 1. The molecule has 0 unspecified atom stereocenters. The molecule has 1 aliphatic rings. The lowest BCUT2D eigenvalue weighted by atomic mass is 9.71. The molecule has 2 aromatic carbocycles. The Labute approximate surface area is 221 Å². The van der Waals surface area contributed by atoms with Gasteiger partial charge in [-0.05, 0) is 79.9 Å². The average Bonchev–Trinajstić information content (AvgIpc) is 2.92. The van der Waals surface area contributed by atoms with Crippen molar-refractivity contribution in [3.8, 4) is 0 Å². The van der Waals surface area contributed by atoms with Gasteiger partial charge < -0.3 is 0 Å². The normalized spacial score (nSPS) is 18.7. The maximum atomic E-state index is 4.83. The minimum absolute atomic E-state index is 0.508. The van der Waals surface area contributed by atoms with Crippen LogP contribution in [0.3, 0.4) is 0 Å². The van der Waals surface area contributed by atoms with Crippen LogP contribution in [0.15, 0.2) is 77.5 Å². The number of benzene rings is 2. The third-order valence-corrected chi connectivity index (χ3v) is 7.94. The van der Waals surface area contributed by atoms with Crippen molar-refractivity contribution < 1.29 is 0 Å². The average molecular weight is 485 g/mol. The second kappa shape index (κ2) is 16.3. The maximum Gasteiger partial charge on any atom is 0.0733 e. The van der Waals surface area contributed by atoms with Crippen molar-refractivity contribution in [2.24, 2.45) is 28.0 Å². The summed E-state index contributed by atoms with van der Waals surface area (Å²) >= 11 is 0. The zero-order valence-corrected chi connectivity index (χ0v) is 22.9. The van der Waals surface area contributed by atoms with Crippen LogP contribution >= 0.6 is 0 Å². The minimum Gasteiger partial charge on any atom is -0.158 e. The molecule has 0 bridgehead atoms. The van der Waals surface area contributed by atoms with E-state index >= 15 is 0 Å². The lowest BCUT2D eigenvalue weighted by molar-refractivity contribution is 0.206. The fourth-order valence-corrected chi connectivity index (χ4v) is 5.93. The van der Waals surface area contributed by atoms with Crippen LogP contribution in [0.5, 0.6) is 0 Å². The van der Waals surface area contributed by atoms with Gasteiger partial charge in [-0.15, -0.1) is 6.58 Å². The van der Waals surface area contributed by atoms with E-state index in [2.05, 4.69) is 80.1 Å². The number of unbranched alkanes of at least 4 members (excludes halogenated alkanes) is 3. The molecule has 0 saturated heterocycles. The predicted octanol–water partition coefficient (Wildman–Crippen LogP) is 9.82. The molecule has 36 heavy (non-hydrogen) atoms. The van der Waals surface area contributed by atoms with Crippen molar-refractivity contribution in [2.45, 2.75) is 97.3 Å². The van der Waals surface area contributed by atoms with Crippen molar-refractivity contribution >= 4 is 11.9 Å². The molecule has 0 radical (unpaired) electrons. The number of allylic oxidation sites excluding steroid dienone is 1. The first-order valence-electron chi connectivity index (χ1n) is 14.6. The van der Waals surface area contributed by atoms with Crippen LogP contribution in [0.2, 0.25) is 0 Å². The highest BCUT2D eigenvalue weighted by Crippen LogP contribution is 2.38. The van der Waals surface area contributed by atoms with Crippen molar-refractivity contribution in [1.29, 1.82) is 0 Å². The van der Waals surface area contributed by atoms with Crippen molar-refractivity contribution in [3.63, 3.8) is 0 Å². The van der Waals surface area contributed by atoms with E-state index in [1.54, 1.807) is 0 Å². The first kappa shape index (κ1) is 28.1. The van der Waals surface area contributed by atoms with Crippen LogP contribution in [0.1, 0.15) is 108 Å². The fraction of sp³-hybridized carbons (Fsp3) is 0.529. The van der Waals surface area contributed by atoms with Crippen molar-refractivity contribution in [3.05, 3.63) is 83.9 Å². The van der Waals surface area contributed by atoms with Crippen LogP contribution in [0, 0.1) is 17.8 Å². The Kier molecular flexibility index (Phi) is 12.7. The predicted molar refractivity (Wildman–Crippen MR) is 158 cm³/mol. The number of rotatable bonds is 15. The molecule has 2 heteroatoms. The number of nitrogens with zero attached hydrogens (tertiary/aromatic N) is 2. The van der Waals surface area contributed by atoms with Crippen LogP contribution < -0.4 is 0 Å². The maximum absolute atomic E-state index is 4.83. The monoisotopic (exact) mass is 484 g/mol. The summed E-state index contributed by atoms with van der Waals surface area (Å²) in [5.41, 5.74) is 4.92. The lowest BCUT2D eigenvalue weighted by Crippen LogP contribution is -2.26. The summed E-state index contributed by atoms with van der Waals surface area (Å²) in [6.45, 7) is 8.48. The summed E-state index contributed by atoms with van der Waals surface area (Å²) in [7, 11) is 0. The van der Waals surface area contributed by atoms with Gasteiger partial charge in [-0.2, -0.15) is 10.2 Å². The minimum atomic E-state index is 0.508. The molecule has 1 fully saturated rings. The van der Waals surface area contributed by atoms with Gasteiger partial charge in [-0.1, -0.05) is 107 Å². The van der Waals surface area contributed by atoms with E-state index in [4.69, 9.17) is 5.10 Å². The van der Waals surface area contributed by atoms with Gasteiger partial charge in [0.05, 0.1) is 11.9 Å². The van der Waals surface area contributed by atoms with Crippen molar-refractivity contribution in [2.75, 3.05) is 0 Å². The highest BCUT2D eigenvalue weighted by molar-refractivity contribution is 6.02. The Morgan fingerprint density at radius 1 is 0.889 bits per heavy atom. The molecule has 0 atom stereocenters. The first-order valence-corrected chi connectivity index (χ1v) is 14.6. The Morgan fingerprint density at radius 2 is 1.58 bits per heavy atom. The van der Waals surface area contributed by atoms with Gasteiger partial charge in [0, 0.05) is 5.92 Å². The largest absolute Gasteiger partial charge is 0.158 e. The Balaban J connectivity index is 1.63. The molecular formula is C34H48N2. The van der Waals surface area contributed by atoms with Gasteiger partial charge in [0.25, 0.3) is 0 Å².